The molecule has 0 unspecified atom stereocenters. The minimum Gasteiger partial charge on any atom is -0.336 e. The number of benzene rings is 1. The minimum absolute atomic E-state index is 0.204. The average Bonchev–Trinajstić information content (AvgIpc) is 2.61. The van der Waals surface area contributed by atoms with Crippen LogP contribution in [-0.4, -0.2) is 23.1 Å². The Kier molecular flexibility index (Phi) is 6.54. The van der Waals surface area contributed by atoms with E-state index in [9.17, 15) is 14.4 Å². The second kappa shape index (κ2) is 8.84. The Bertz CT molecular complexity index is 825. The van der Waals surface area contributed by atoms with Crippen LogP contribution in [0.25, 0.3) is 0 Å². The smallest absolute Gasteiger partial charge is 0.333 e. The molecule has 0 aliphatic carbocycles. The summed E-state index contributed by atoms with van der Waals surface area (Å²) in [6.07, 6.45) is 1.48. The van der Waals surface area contributed by atoms with Crippen LogP contribution >= 0.6 is 0 Å². The summed E-state index contributed by atoms with van der Waals surface area (Å²) in [6, 6.07) is 10.1. The first-order valence-corrected chi connectivity index (χ1v) is 8.45. The van der Waals surface area contributed by atoms with Gasteiger partial charge in [0.05, 0.1) is 12.1 Å². The zero-order valence-corrected chi connectivity index (χ0v) is 15.2. The fraction of sp³-hybridized carbons (Fsp3) is 0.316. The maximum Gasteiger partial charge on any atom is 0.333 e. The van der Waals surface area contributed by atoms with Gasteiger partial charge >= 0.3 is 6.03 Å². The van der Waals surface area contributed by atoms with Gasteiger partial charge in [0.1, 0.15) is 0 Å². The number of aromatic nitrogens is 1. The van der Waals surface area contributed by atoms with Crippen molar-refractivity contribution in [1.82, 2.24) is 20.7 Å². The summed E-state index contributed by atoms with van der Waals surface area (Å²) in [5, 5.41) is 2.63. The van der Waals surface area contributed by atoms with Gasteiger partial charge in [-0.25, -0.2) is 10.2 Å². The Morgan fingerprint density at radius 1 is 1.04 bits per heavy atom. The lowest BCUT2D eigenvalue weighted by Gasteiger charge is -2.11. The number of carbonyl (C=O) groups is 2. The molecule has 0 saturated heterocycles. The Morgan fingerprint density at radius 3 is 2.38 bits per heavy atom. The summed E-state index contributed by atoms with van der Waals surface area (Å²) in [6.45, 7) is 6.79. The molecule has 2 rings (SSSR count). The Balaban J connectivity index is 2.01. The first-order chi connectivity index (χ1) is 12.3. The number of pyridine rings is 1. The van der Waals surface area contributed by atoms with Crippen LogP contribution in [-0.2, 0) is 6.54 Å². The van der Waals surface area contributed by atoms with Crippen molar-refractivity contribution in [3.8, 4) is 0 Å². The third-order valence-electron chi connectivity index (χ3n) is 3.68. The maximum atomic E-state index is 12.2. The number of carbonyl (C=O) groups excluding carboxylic acids is 2. The fourth-order valence-corrected chi connectivity index (χ4v) is 2.21. The molecule has 3 amide bonds. The van der Waals surface area contributed by atoms with Crippen LogP contribution in [0.3, 0.4) is 0 Å². The standard InChI is InChI=1S/C19H24N4O3/c1-13(2)10-20-19(26)22-21-18(25)16-8-9-17(24)23(12-16)11-15-6-4-14(3)5-7-15/h4-9,12-13H,10-11H2,1-3H3,(H,21,25)(H2,20,22,26). The van der Waals surface area contributed by atoms with E-state index in [-0.39, 0.29) is 11.1 Å². The van der Waals surface area contributed by atoms with E-state index in [2.05, 4.69) is 16.2 Å². The molecular weight excluding hydrogens is 332 g/mol. The van der Waals surface area contributed by atoms with Crippen molar-refractivity contribution in [1.29, 1.82) is 0 Å². The summed E-state index contributed by atoms with van der Waals surface area (Å²) < 4.78 is 1.46. The normalized spacial score (nSPS) is 10.5. The second-order valence-electron chi connectivity index (χ2n) is 6.55. The molecule has 0 aliphatic rings. The highest BCUT2D eigenvalue weighted by Gasteiger charge is 2.09. The monoisotopic (exact) mass is 356 g/mol. The summed E-state index contributed by atoms with van der Waals surface area (Å²) in [5.41, 5.74) is 6.78. The van der Waals surface area contributed by atoms with Crippen molar-refractivity contribution < 1.29 is 9.59 Å². The Hall–Kier alpha value is -3.09. The van der Waals surface area contributed by atoms with E-state index in [1.165, 1.54) is 22.9 Å². The molecule has 1 aromatic carbocycles. The number of hydrazine groups is 1. The highest BCUT2D eigenvalue weighted by molar-refractivity contribution is 5.94. The lowest BCUT2D eigenvalue weighted by atomic mass is 10.1. The number of hydrogen-bond acceptors (Lipinski definition) is 3. The topological polar surface area (TPSA) is 92.2 Å². The lowest BCUT2D eigenvalue weighted by molar-refractivity contribution is 0.0935. The van der Waals surface area contributed by atoms with E-state index >= 15 is 0 Å². The largest absolute Gasteiger partial charge is 0.336 e. The molecule has 0 aliphatic heterocycles. The molecule has 0 bridgehead atoms. The van der Waals surface area contributed by atoms with Crippen molar-refractivity contribution in [3.05, 3.63) is 69.6 Å². The van der Waals surface area contributed by atoms with Crippen LogP contribution in [0.15, 0.2) is 47.4 Å². The van der Waals surface area contributed by atoms with Gasteiger partial charge in [-0.05, 0) is 24.5 Å². The summed E-state index contributed by atoms with van der Waals surface area (Å²) in [4.78, 5) is 35.8. The lowest BCUT2D eigenvalue weighted by Crippen LogP contribution is -2.47. The summed E-state index contributed by atoms with van der Waals surface area (Å²) >= 11 is 0. The van der Waals surface area contributed by atoms with Gasteiger partial charge in [-0.1, -0.05) is 43.7 Å². The molecule has 0 fully saturated rings. The molecular formula is C19H24N4O3. The predicted octanol–water partition coefficient (Wildman–Crippen LogP) is 1.81. The minimum atomic E-state index is -0.498. The molecule has 0 spiro atoms. The number of amides is 3. The quantitative estimate of drug-likeness (QED) is 0.714. The van der Waals surface area contributed by atoms with Crippen LogP contribution in [0.4, 0.5) is 4.79 Å². The molecule has 1 aromatic heterocycles. The SMILES string of the molecule is Cc1ccc(Cn2cc(C(=O)NNC(=O)NCC(C)C)ccc2=O)cc1. The van der Waals surface area contributed by atoms with E-state index in [1.54, 1.807) is 0 Å². The van der Waals surface area contributed by atoms with Crippen molar-refractivity contribution >= 4 is 11.9 Å². The zero-order valence-electron chi connectivity index (χ0n) is 15.2. The van der Waals surface area contributed by atoms with E-state index in [4.69, 9.17) is 0 Å². The van der Waals surface area contributed by atoms with Gasteiger partial charge in [-0.2, -0.15) is 0 Å². The third kappa shape index (κ3) is 5.77. The molecule has 2 aromatic rings. The molecule has 0 atom stereocenters. The van der Waals surface area contributed by atoms with Crippen LogP contribution in [0.1, 0.15) is 35.3 Å². The van der Waals surface area contributed by atoms with Crippen LogP contribution < -0.4 is 21.7 Å². The Labute approximate surface area is 152 Å². The molecule has 26 heavy (non-hydrogen) atoms. The molecule has 0 saturated carbocycles. The van der Waals surface area contributed by atoms with Crippen molar-refractivity contribution in [3.63, 3.8) is 0 Å². The molecule has 3 N–H and O–H groups in total. The summed E-state index contributed by atoms with van der Waals surface area (Å²) in [7, 11) is 0. The van der Waals surface area contributed by atoms with Gasteiger partial charge in [0.25, 0.3) is 11.5 Å². The van der Waals surface area contributed by atoms with Crippen LogP contribution in [0.5, 0.6) is 0 Å². The number of nitrogens with one attached hydrogen (secondary N) is 3. The molecule has 7 nitrogen and oxygen atoms in total. The molecule has 0 radical (unpaired) electrons. The number of aryl methyl sites for hydroxylation is 1. The predicted molar refractivity (Wildman–Crippen MR) is 99.8 cm³/mol. The van der Waals surface area contributed by atoms with E-state index in [0.717, 1.165) is 11.1 Å². The van der Waals surface area contributed by atoms with Gasteiger partial charge in [-0.3, -0.25) is 15.0 Å². The zero-order chi connectivity index (χ0) is 19.1. The highest BCUT2D eigenvalue weighted by Crippen LogP contribution is 2.05. The van der Waals surface area contributed by atoms with Crippen molar-refractivity contribution in [2.75, 3.05) is 6.54 Å². The van der Waals surface area contributed by atoms with Gasteiger partial charge in [0, 0.05) is 18.8 Å². The van der Waals surface area contributed by atoms with Crippen LogP contribution in [0.2, 0.25) is 0 Å². The molecule has 1 heterocycles. The van der Waals surface area contributed by atoms with Gasteiger partial charge < -0.3 is 9.88 Å². The van der Waals surface area contributed by atoms with Crippen molar-refractivity contribution in [2.24, 2.45) is 5.92 Å². The molecule has 138 valence electrons. The number of urea groups is 1. The maximum absolute atomic E-state index is 12.2. The highest BCUT2D eigenvalue weighted by atomic mass is 16.2. The van der Waals surface area contributed by atoms with Gasteiger partial charge in [0.15, 0.2) is 0 Å². The molecule has 7 heteroatoms. The Morgan fingerprint density at radius 2 is 1.73 bits per heavy atom. The first-order valence-electron chi connectivity index (χ1n) is 8.45. The number of nitrogens with zero attached hydrogens (tertiary/aromatic N) is 1. The van der Waals surface area contributed by atoms with Crippen LogP contribution in [0, 0.1) is 12.8 Å². The number of rotatable bonds is 5. The van der Waals surface area contributed by atoms with E-state index < -0.39 is 11.9 Å². The summed E-state index contributed by atoms with van der Waals surface area (Å²) in [5.74, 6) is -0.191. The van der Waals surface area contributed by atoms with E-state index in [1.807, 2.05) is 45.0 Å². The van der Waals surface area contributed by atoms with E-state index in [0.29, 0.717) is 19.0 Å². The first kappa shape index (κ1) is 19.2. The third-order valence-corrected chi connectivity index (χ3v) is 3.68. The van der Waals surface area contributed by atoms with Gasteiger partial charge in [-0.15, -0.1) is 0 Å². The second-order valence-corrected chi connectivity index (χ2v) is 6.55. The van der Waals surface area contributed by atoms with Gasteiger partial charge in [0.2, 0.25) is 0 Å². The van der Waals surface area contributed by atoms with Crippen molar-refractivity contribution in [2.45, 2.75) is 27.3 Å². The average molecular weight is 356 g/mol. The number of hydrogen-bond donors (Lipinski definition) is 3. The fourth-order valence-electron chi connectivity index (χ4n) is 2.21.